The van der Waals surface area contributed by atoms with Crippen molar-refractivity contribution in [1.82, 2.24) is 29.5 Å². The summed E-state index contributed by atoms with van der Waals surface area (Å²) in [6.45, 7) is 1.81. The van der Waals surface area contributed by atoms with Gasteiger partial charge in [-0.15, -0.1) is 0 Å². The first-order chi connectivity index (χ1) is 19.2. The molecule has 6 heterocycles. The number of aromatic amines is 1. The number of fused-ring (bicyclic) bond motifs is 1. The number of alkyl halides is 3. The minimum Gasteiger partial charge on any atom is -0.363 e. The van der Waals surface area contributed by atoms with Gasteiger partial charge in [0, 0.05) is 69.1 Å². The number of hydrogen-bond donors (Lipinski definition) is 1. The van der Waals surface area contributed by atoms with Crippen LogP contribution in [0.4, 0.5) is 28.9 Å². The van der Waals surface area contributed by atoms with Crippen LogP contribution in [0.25, 0.3) is 0 Å². The van der Waals surface area contributed by atoms with Crippen LogP contribution in [0.5, 0.6) is 0 Å². The summed E-state index contributed by atoms with van der Waals surface area (Å²) in [5, 5.41) is 14.2. The number of rotatable bonds is 5. The number of anilines is 2. The molecule has 3 aliphatic heterocycles. The lowest BCUT2D eigenvalue weighted by molar-refractivity contribution is -0.143. The number of carbonyl (C=O) groups is 1. The molecular weight excluding hydrogens is 528 g/mol. The second-order valence-electron chi connectivity index (χ2n) is 10.4. The molecule has 2 saturated heterocycles. The molecule has 1 amide bonds. The molecule has 40 heavy (non-hydrogen) atoms. The maximum Gasteiger partial charge on any atom is 0.436 e. The monoisotopic (exact) mass is 554 g/mol. The van der Waals surface area contributed by atoms with Gasteiger partial charge in [-0.05, 0) is 25.0 Å². The van der Waals surface area contributed by atoms with Crippen LogP contribution in [0.1, 0.15) is 41.0 Å². The Morgan fingerprint density at radius 3 is 2.73 bits per heavy atom. The number of piperidine rings is 1. The normalized spacial score (nSPS) is 19.3. The second kappa shape index (κ2) is 9.78. The van der Waals surface area contributed by atoms with E-state index in [1.165, 1.54) is 4.90 Å². The zero-order chi connectivity index (χ0) is 28.1. The van der Waals surface area contributed by atoms with E-state index >= 15 is 0 Å². The second-order valence-corrected chi connectivity index (χ2v) is 10.4. The van der Waals surface area contributed by atoms with E-state index in [1.54, 1.807) is 6.20 Å². The number of allylic oxidation sites excluding steroid dienone is 1. The molecule has 13 heteroatoms. The molecule has 0 saturated carbocycles. The first kappa shape index (κ1) is 26.1. The zero-order valence-electron chi connectivity index (χ0n) is 21.4. The Balaban J connectivity index is 1.10. The Bertz CT molecular complexity index is 1490. The average molecular weight is 555 g/mol. The van der Waals surface area contributed by atoms with Gasteiger partial charge in [0.1, 0.15) is 5.54 Å². The molecule has 0 unspecified atom stereocenters. The summed E-state index contributed by atoms with van der Waals surface area (Å²) in [7, 11) is 0. The molecule has 0 bridgehead atoms. The van der Waals surface area contributed by atoms with Gasteiger partial charge in [0.25, 0.3) is 5.91 Å². The molecule has 0 radical (unpaired) electrons. The van der Waals surface area contributed by atoms with E-state index in [1.807, 2.05) is 29.3 Å². The number of amides is 1. The van der Waals surface area contributed by atoms with E-state index < -0.39 is 34.7 Å². The van der Waals surface area contributed by atoms with Crippen LogP contribution in [-0.2, 0) is 18.1 Å². The van der Waals surface area contributed by atoms with Crippen molar-refractivity contribution >= 4 is 17.3 Å². The van der Waals surface area contributed by atoms with Crippen molar-refractivity contribution in [3.63, 3.8) is 0 Å². The SMILES string of the molecule is N#CCC1(n2cc(N3C=CCc4[nH]ccc43)cn2)CN(C2CCN(C(=O)c3ccnc(C(F)(F)F)c3F)CC2)C1. The fourth-order valence-electron chi connectivity index (χ4n) is 5.93. The third-order valence-corrected chi connectivity index (χ3v) is 8.04. The molecule has 3 aromatic heterocycles. The van der Waals surface area contributed by atoms with Crippen molar-refractivity contribution in [2.75, 3.05) is 31.1 Å². The molecule has 208 valence electrons. The number of aromatic nitrogens is 4. The molecule has 3 aliphatic rings. The van der Waals surface area contributed by atoms with Crippen LogP contribution in [0.15, 0.2) is 49.2 Å². The van der Waals surface area contributed by atoms with Gasteiger partial charge in [-0.1, -0.05) is 6.08 Å². The first-order valence-electron chi connectivity index (χ1n) is 13.0. The number of nitrogens with zero attached hydrogens (tertiary/aromatic N) is 7. The minimum absolute atomic E-state index is 0.131. The van der Waals surface area contributed by atoms with Crippen LogP contribution in [-0.4, -0.2) is 67.7 Å². The number of H-pyrrole nitrogens is 1. The lowest BCUT2D eigenvalue weighted by Gasteiger charge is -2.53. The summed E-state index contributed by atoms with van der Waals surface area (Å²) in [6, 6.07) is 5.43. The molecular formula is C27H26F4N8O. The largest absolute Gasteiger partial charge is 0.436 e. The Morgan fingerprint density at radius 2 is 2.00 bits per heavy atom. The highest BCUT2D eigenvalue weighted by Gasteiger charge is 2.48. The van der Waals surface area contributed by atoms with Gasteiger partial charge < -0.3 is 14.8 Å². The highest BCUT2D eigenvalue weighted by molar-refractivity contribution is 5.94. The third kappa shape index (κ3) is 4.42. The molecule has 0 aromatic carbocycles. The van der Waals surface area contributed by atoms with Crippen LogP contribution in [0.2, 0.25) is 0 Å². The zero-order valence-corrected chi connectivity index (χ0v) is 21.4. The molecule has 9 nitrogen and oxygen atoms in total. The molecule has 0 aliphatic carbocycles. The van der Waals surface area contributed by atoms with Crippen molar-refractivity contribution in [2.45, 2.75) is 43.4 Å². The lowest BCUT2D eigenvalue weighted by Crippen LogP contribution is -2.66. The lowest BCUT2D eigenvalue weighted by atomic mass is 9.84. The molecule has 6 rings (SSSR count). The van der Waals surface area contributed by atoms with E-state index in [0.717, 1.165) is 35.8 Å². The average Bonchev–Trinajstić information content (AvgIpc) is 3.60. The molecule has 0 atom stereocenters. The number of nitrogens with one attached hydrogen (secondary N) is 1. The maximum absolute atomic E-state index is 14.5. The molecule has 0 spiro atoms. The maximum atomic E-state index is 14.5. The van der Waals surface area contributed by atoms with Crippen LogP contribution < -0.4 is 4.90 Å². The Morgan fingerprint density at radius 1 is 1.23 bits per heavy atom. The van der Waals surface area contributed by atoms with E-state index in [0.29, 0.717) is 39.0 Å². The van der Waals surface area contributed by atoms with Crippen LogP contribution in [0.3, 0.4) is 0 Å². The standard InChI is InChI=1S/C27H26F4N8O/c28-23-20(3-9-34-24(23)27(29,30)31)25(40)36-12-5-18(6-13-36)37-16-26(17-37,7-8-32)39-15-19(14-35-39)38-11-1-2-21-22(38)4-10-33-21/h1,3-4,9-11,14-15,18,33H,2,5-7,12-13,16-17H2. The van der Waals surface area contributed by atoms with Crippen molar-refractivity contribution < 1.29 is 22.4 Å². The Labute approximate surface area is 227 Å². The predicted molar refractivity (Wildman–Crippen MR) is 136 cm³/mol. The highest BCUT2D eigenvalue weighted by Crippen LogP contribution is 2.39. The summed E-state index contributed by atoms with van der Waals surface area (Å²) in [6.07, 6.45) is 7.86. The van der Waals surface area contributed by atoms with Crippen molar-refractivity contribution in [2.24, 2.45) is 0 Å². The van der Waals surface area contributed by atoms with Gasteiger partial charge in [-0.2, -0.15) is 23.5 Å². The summed E-state index contributed by atoms with van der Waals surface area (Å²) in [5.41, 5.74) is 0.297. The first-order valence-corrected chi connectivity index (χ1v) is 13.0. The number of hydrogen-bond acceptors (Lipinski definition) is 6. The predicted octanol–water partition coefficient (Wildman–Crippen LogP) is 4.20. The fourth-order valence-corrected chi connectivity index (χ4v) is 5.93. The van der Waals surface area contributed by atoms with Crippen molar-refractivity contribution in [3.05, 3.63) is 72.0 Å². The van der Waals surface area contributed by atoms with E-state index in [2.05, 4.69) is 37.0 Å². The van der Waals surface area contributed by atoms with Gasteiger partial charge in [-0.3, -0.25) is 14.4 Å². The molecule has 3 aromatic rings. The molecule has 1 N–H and O–H groups in total. The van der Waals surface area contributed by atoms with E-state index in [9.17, 15) is 27.6 Å². The number of pyridine rings is 1. The minimum atomic E-state index is -4.98. The number of carbonyl (C=O) groups excluding carboxylic acids is 1. The van der Waals surface area contributed by atoms with Crippen LogP contribution in [0, 0.1) is 17.1 Å². The Hall–Kier alpha value is -4.18. The van der Waals surface area contributed by atoms with E-state index in [4.69, 9.17) is 0 Å². The topological polar surface area (TPSA) is 97.1 Å². The van der Waals surface area contributed by atoms with Crippen LogP contribution >= 0.6 is 0 Å². The number of likely N-dealkylation sites (tertiary alicyclic amines) is 2. The smallest absolute Gasteiger partial charge is 0.363 e. The summed E-state index contributed by atoms with van der Waals surface area (Å²) in [4.78, 5) is 24.9. The third-order valence-electron chi connectivity index (χ3n) is 8.04. The van der Waals surface area contributed by atoms with Gasteiger partial charge >= 0.3 is 6.18 Å². The van der Waals surface area contributed by atoms with Crippen molar-refractivity contribution in [3.8, 4) is 6.07 Å². The van der Waals surface area contributed by atoms with Gasteiger partial charge in [0.15, 0.2) is 11.5 Å². The summed E-state index contributed by atoms with van der Waals surface area (Å²) >= 11 is 0. The Kier molecular flexibility index (Phi) is 6.37. The van der Waals surface area contributed by atoms with E-state index in [-0.39, 0.29) is 12.5 Å². The van der Waals surface area contributed by atoms with Gasteiger partial charge in [0.2, 0.25) is 0 Å². The highest BCUT2D eigenvalue weighted by atomic mass is 19.4. The van der Waals surface area contributed by atoms with Gasteiger partial charge in [0.05, 0.1) is 35.6 Å². The number of halogens is 4. The quantitative estimate of drug-likeness (QED) is 0.475. The molecule has 2 fully saturated rings. The number of nitriles is 1. The summed E-state index contributed by atoms with van der Waals surface area (Å²) in [5.74, 6) is -2.41. The van der Waals surface area contributed by atoms with Crippen molar-refractivity contribution in [1.29, 1.82) is 5.26 Å². The summed E-state index contributed by atoms with van der Waals surface area (Å²) < 4.78 is 55.4. The fraction of sp³-hybridized carbons (Fsp3) is 0.407. The van der Waals surface area contributed by atoms with Gasteiger partial charge in [-0.25, -0.2) is 9.37 Å².